The van der Waals surface area contributed by atoms with Crippen LogP contribution in [-0.4, -0.2) is 27.5 Å². The summed E-state index contributed by atoms with van der Waals surface area (Å²) >= 11 is 1.41. The van der Waals surface area contributed by atoms with E-state index in [0.29, 0.717) is 25.7 Å². The molecule has 1 aromatic carbocycles. The van der Waals surface area contributed by atoms with Gasteiger partial charge in [-0.15, -0.1) is 11.8 Å². The number of rotatable bonds is 2. The second-order valence-electron chi connectivity index (χ2n) is 6.46. The van der Waals surface area contributed by atoms with E-state index >= 15 is 0 Å². The Morgan fingerprint density at radius 2 is 2.00 bits per heavy atom. The molecule has 2 aliphatic carbocycles. The monoisotopic (exact) mass is 304 g/mol. The van der Waals surface area contributed by atoms with E-state index in [1.165, 1.54) is 11.8 Å². The van der Waals surface area contributed by atoms with E-state index in [1.54, 1.807) is 0 Å². The van der Waals surface area contributed by atoms with Gasteiger partial charge in [-0.1, -0.05) is 17.7 Å². The topological polar surface area (TPSA) is 54.4 Å². The number of carbonyl (C=O) groups excluding carboxylic acids is 2. The van der Waals surface area contributed by atoms with Crippen molar-refractivity contribution in [1.82, 2.24) is 0 Å². The zero-order valence-corrected chi connectivity index (χ0v) is 13.2. The van der Waals surface area contributed by atoms with Crippen LogP contribution in [0.15, 0.2) is 29.2 Å². The summed E-state index contributed by atoms with van der Waals surface area (Å²) in [7, 11) is 0. The fraction of sp³-hybridized carbons (Fsp3) is 0.529. The Morgan fingerprint density at radius 1 is 1.24 bits per heavy atom. The Bertz CT molecular complexity index is 612. The van der Waals surface area contributed by atoms with Gasteiger partial charge in [0.25, 0.3) is 0 Å². The van der Waals surface area contributed by atoms with Crippen molar-refractivity contribution in [3.05, 3.63) is 29.8 Å². The molecule has 21 heavy (non-hydrogen) atoms. The smallest absolute Gasteiger partial charge is 0.149 e. The van der Waals surface area contributed by atoms with Crippen molar-refractivity contribution in [2.45, 2.75) is 55.3 Å². The summed E-state index contributed by atoms with van der Waals surface area (Å²) in [4.78, 5) is 25.6. The van der Waals surface area contributed by atoms with Gasteiger partial charge in [0.05, 0.1) is 16.3 Å². The second kappa shape index (κ2) is 4.96. The summed E-state index contributed by atoms with van der Waals surface area (Å²) in [6.07, 6.45) is 1.64. The number of fused-ring (bicyclic) bond motifs is 1. The lowest BCUT2D eigenvalue weighted by Crippen LogP contribution is -2.58. The molecule has 3 nitrogen and oxygen atoms in total. The fourth-order valence-electron chi connectivity index (χ4n) is 3.63. The van der Waals surface area contributed by atoms with E-state index in [4.69, 9.17) is 0 Å². The third-order valence-electron chi connectivity index (χ3n) is 5.15. The minimum atomic E-state index is -1.20. The third-order valence-corrected chi connectivity index (χ3v) is 6.56. The van der Waals surface area contributed by atoms with Crippen LogP contribution in [0.4, 0.5) is 0 Å². The molecule has 3 atom stereocenters. The van der Waals surface area contributed by atoms with Crippen LogP contribution in [0.3, 0.4) is 0 Å². The van der Waals surface area contributed by atoms with Gasteiger partial charge in [-0.3, -0.25) is 9.59 Å². The van der Waals surface area contributed by atoms with Gasteiger partial charge in [-0.2, -0.15) is 0 Å². The molecule has 0 heterocycles. The molecule has 4 heteroatoms. The van der Waals surface area contributed by atoms with Crippen LogP contribution in [-0.2, 0) is 9.59 Å². The first-order chi connectivity index (χ1) is 9.87. The molecule has 1 aromatic rings. The Balaban J connectivity index is 1.96. The zero-order valence-electron chi connectivity index (χ0n) is 12.4. The summed E-state index contributed by atoms with van der Waals surface area (Å²) < 4.78 is 0. The summed E-state index contributed by atoms with van der Waals surface area (Å²) in [6, 6.07) is 7.93. The normalized spacial score (nSPS) is 35.9. The van der Waals surface area contributed by atoms with Crippen LogP contribution in [0, 0.1) is 12.3 Å². The molecule has 0 radical (unpaired) electrons. The molecule has 112 valence electrons. The maximum atomic E-state index is 12.4. The molecule has 0 bridgehead atoms. The van der Waals surface area contributed by atoms with Gasteiger partial charge >= 0.3 is 0 Å². The van der Waals surface area contributed by atoms with Crippen LogP contribution in [0.1, 0.15) is 38.2 Å². The standard InChI is InChI=1S/C17H20O3S/c1-11-4-3-5-12(10-11)21-15-13(18)6-8-16(2)14(19)7-9-17(15,16)20/h3-5,10,15,20H,6-9H2,1-2H3. The Kier molecular flexibility index (Phi) is 3.49. The van der Waals surface area contributed by atoms with E-state index in [0.717, 1.165) is 10.5 Å². The number of aliphatic hydroxyl groups is 1. The third kappa shape index (κ3) is 2.16. The highest BCUT2D eigenvalue weighted by molar-refractivity contribution is 8.00. The molecule has 2 aliphatic rings. The zero-order chi connectivity index (χ0) is 15.3. The summed E-state index contributed by atoms with van der Waals surface area (Å²) in [5.74, 6) is 0.170. The number of Topliss-reactive ketones (excluding diaryl/α,β-unsaturated/α-hetero) is 2. The largest absolute Gasteiger partial charge is 0.387 e. The summed E-state index contributed by atoms with van der Waals surface area (Å²) in [6.45, 7) is 3.84. The minimum absolute atomic E-state index is 0.0659. The molecule has 0 saturated heterocycles. The molecule has 3 unspecified atom stereocenters. The number of hydrogen-bond acceptors (Lipinski definition) is 4. The SMILES string of the molecule is Cc1cccc(SC2C(=O)CCC3(C)C(=O)CCC23O)c1. The highest BCUT2D eigenvalue weighted by Crippen LogP contribution is 2.55. The molecule has 0 amide bonds. The Morgan fingerprint density at radius 3 is 2.71 bits per heavy atom. The summed E-state index contributed by atoms with van der Waals surface area (Å²) in [5, 5.41) is 10.6. The molecular weight excluding hydrogens is 284 g/mol. The van der Waals surface area contributed by atoms with E-state index in [2.05, 4.69) is 0 Å². The molecule has 2 saturated carbocycles. The number of benzene rings is 1. The number of aryl methyl sites for hydroxylation is 1. The van der Waals surface area contributed by atoms with Crippen molar-refractivity contribution in [1.29, 1.82) is 0 Å². The second-order valence-corrected chi connectivity index (χ2v) is 7.64. The minimum Gasteiger partial charge on any atom is -0.387 e. The first-order valence-electron chi connectivity index (χ1n) is 7.38. The van der Waals surface area contributed by atoms with Gasteiger partial charge in [0.15, 0.2) is 0 Å². The van der Waals surface area contributed by atoms with Crippen molar-refractivity contribution >= 4 is 23.3 Å². The number of carbonyl (C=O) groups is 2. The predicted molar refractivity (Wildman–Crippen MR) is 82.4 cm³/mol. The van der Waals surface area contributed by atoms with Crippen LogP contribution in [0.25, 0.3) is 0 Å². The van der Waals surface area contributed by atoms with Crippen LogP contribution < -0.4 is 0 Å². The molecule has 0 spiro atoms. The van der Waals surface area contributed by atoms with Gasteiger partial charge in [0, 0.05) is 17.7 Å². The van der Waals surface area contributed by atoms with Crippen LogP contribution in [0.2, 0.25) is 0 Å². The van der Waals surface area contributed by atoms with Crippen molar-refractivity contribution in [3.8, 4) is 0 Å². The molecular formula is C17H20O3S. The maximum absolute atomic E-state index is 12.4. The van der Waals surface area contributed by atoms with Crippen molar-refractivity contribution in [2.24, 2.45) is 5.41 Å². The lowest BCUT2D eigenvalue weighted by molar-refractivity contribution is -0.147. The van der Waals surface area contributed by atoms with Crippen molar-refractivity contribution in [2.75, 3.05) is 0 Å². The highest BCUT2D eigenvalue weighted by Gasteiger charge is 2.64. The van der Waals surface area contributed by atoms with Gasteiger partial charge in [-0.25, -0.2) is 0 Å². The van der Waals surface area contributed by atoms with E-state index in [9.17, 15) is 14.7 Å². The molecule has 0 aliphatic heterocycles. The molecule has 2 fully saturated rings. The number of ketones is 2. The van der Waals surface area contributed by atoms with Crippen LogP contribution >= 0.6 is 11.8 Å². The Labute approximate surface area is 129 Å². The van der Waals surface area contributed by atoms with E-state index < -0.39 is 16.3 Å². The average Bonchev–Trinajstić information content (AvgIpc) is 2.68. The van der Waals surface area contributed by atoms with Gasteiger partial charge in [0.2, 0.25) is 0 Å². The first-order valence-corrected chi connectivity index (χ1v) is 8.26. The molecule has 1 N–H and O–H groups in total. The number of hydrogen-bond donors (Lipinski definition) is 1. The summed E-state index contributed by atoms with van der Waals surface area (Å²) in [5.41, 5.74) is -0.837. The quantitative estimate of drug-likeness (QED) is 0.913. The highest BCUT2D eigenvalue weighted by atomic mass is 32.2. The average molecular weight is 304 g/mol. The van der Waals surface area contributed by atoms with Gasteiger partial charge in [0.1, 0.15) is 11.6 Å². The molecule has 0 aromatic heterocycles. The van der Waals surface area contributed by atoms with Crippen molar-refractivity contribution in [3.63, 3.8) is 0 Å². The van der Waals surface area contributed by atoms with Gasteiger partial charge in [-0.05, 0) is 38.8 Å². The fourth-order valence-corrected chi connectivity index (χ4v) is 5.14. The molecule has 3 rings (SSSR count). The van der Waals surface area contributed by atoms with E-state index in [1.807, 2.05) is 38.1 Å². The van der Waals surface area contributed by atoms with Gasteiger partial charge < -0.3 is 5.11 Å². The lowest BCUT2D eigenvalue weighted by Gasteiger charge is -2.46. The van der Waals surface area contributed by atoms with Crippen LogP contribution in [0.5, 0.6) is 0 Å². The first kappa shape index (κ1) is 14.8. The number of thioether (sulfide) groups is 1. The van der Waals surface area contributed by atoms with E-state index in [-0.39, 0.29) is 11.6 Å². The van der Waals surface area contributed by atoms with Crippen molar-refractivity contribution < 1.29 is 14.7 Å². The maximum Gasteiger partial charge on any atom is 0.149 e. The lowest BCUT2D eigenvalue weighted by atomic mass is 9.65. The predicted octanol–water partition coefficient (Wildman–Crippen LogP) is 2.92. The Hall–Kier alpha value is -1.13.